The lowest BCUT2D eigenvalue weighted by atomic mass is 10.1. The molecule has 0 saturated carbocycles. The minimum absolute atomic E-state index is 0.272. The van der Waals surface area contributed by atoms with Gasteiger partial charge in [0.05, 0.1) is 19.2 Å². The second kappa shape index (κ2) is 8.87. The van der Waals surface area contributed by atoms with Gasteiger partial charge < -0.3 is 4.74 Å². The van der Waals surface area contributed by atoms with Crippen LogP contribution in [0.15, 0.2) is 60.8 Å². The van der Waals surface area contributed by atoms with E-state index in [1.165, 1.54) is 11.3 Å². The second-order valence-corrected chi connectivity index (χ2v) is 7.68. The first kappa shape index (κ1) is 19.8. The van der Waals surface area contributed by atoms with Crippen LogP contribution >= 0.6 is 11.3 Å². The number of anilines is 1. The highest BCUT2D eigenvalue weighted by Gasteiger charge is 2.20. The van der Waals surface area contributed by atoms with Gasteiger partial charge in [0.1, 0.15) is 16.5 Å². The molecule has 4 aromatic rings. The number of hydrogen-bond acceptors (Lipinski definition) is 6. The predicted octanol–water partition coefficient (Wildman–Crippen LogP) is 4.27. The van der Waals surface area contributed by atoms with E-state index in [9.17, 15) is 4.79 Å². The van der Waals surface area contributed by atoms with E-state index in [1.807, 2.05) is 61.5 Å². The van der Waals surface area contributed by atoms with Gasteiger partial charge in [0.2, 0.25) is 5.13 Å². The maximum absolute atomic E-state index is 13.1. The molecule has 7 nitrogen and oxygen atoms in total. The average Bonchev–Trinajstić information content (AvgIpc) is 3.41. The molecule has 8 heteroatoms. The van der Waals surface area contributed by atoms with Crippen LogP contribution in [-0.4, -0.2) is 33.0 Å². The number of methoxy groups -OCH3 is 1. The summed E-state index contributed by atoms with van der Waals surface area (Å²) in [6, 6.07) is 17.5. The van der Waals surface area contributed by atoms with E-state index in [0.717, 1.165) is 22.6 Å². The Kier molecular flexibility index (Phi) is 5.85. The largest absolute Gasteiger partial charge is 0.497 e. The van der Waals surface area contributed by atoms with Gasteiger partial charge in [-0.2, -0.15) is 5.10 Å². The Bertz CT molecular complexity index is 1150. The Morgan fingerprint density at radius 2 is 1.97 bits per heavy atom. The molecule has 1 N–H and O–H groups in total. The first-order valence-electron chi connectivity index (χ1n) is 9.55. The van der Waals surface area contributed by atoms with Crippen LogP contribution in [-0.2, 0) is 13.0 Å². The van der Waals surface area contributed by atoms with E-state index in [4.69, 9.17) is 9.84 Å². The smallest absolute Gasteiger partial charge is 0.261 e. The van der Waals surface area contributed by atoms with Gasteiger partial charge in [0.15, 0.2) is 0 Å². The van der Waals surface area contributed by atoms with Crippen molar-refractivity contribution in [3.05, 3.63) is 76.9 Å². The molecule has 4 rings (SSSR count). The van der Waals surface area contributed by atoms with Crippen molar-refractivity contribution in [1.29, 1.82) is 0 Å². The average molecular weight is 420 g/mol. The van der Waals surface area contributed by atoms with Gasteiger partial charge >= 0.3 is 0 Å². The third-order valence-corrected chi connectivity index (χ3v) is 5.51. The van der Waals surface area contributed by atoms with Gasteiger partial charge in [-0.15, -0.1) is 10.2 Å². The quantitative estimate of drug-likeness (QED) is 0.484. The van der Waals surface area contributed by atoms with E-state index in [-0.39, 0.29) is 5.91 Å². The predicted molar refractivity (Wildman–Crippen MR) is 117 cm³/mol. The van der Waals surface area contributed by atoms with E-state index < -0.39 is 0 Å². The molecule has 0 spiro atoms. The lowest BCUT2D eigenvalue weighted by Gasteiger charge is -2.05. The van der Waals surface area contributed by atoms with E-state index in [2.05, 4.69) is 15.5 Å². The molecule has 0 aliphatic carbocycles. The Hall–Kier alpha value is -3.52. The zero-order valence-corrected chi connectivity index (χ0v) is 17.5. The summed E-state index contributed by atoms with van der Waals surface area (Å²) in [7, 11) is 1.61. The van der Waals surface area contributed by atoms with Crippen LogP contribution in [0.2, 0.25) is 0 Å². The highest BCUT2D eigenvalue weighted by molar-refractivity contribution is 7.15. The van der Waals surface area contributed by atoms with E-state index in [1.54, 1.807) is 18.0 Å². The number of carbonyl (C=O) groups excluding carboxylic acids is 1. The number of nitrogens with one attached hydrogen (secondary N) is 1. The standard InChI is InChI=1S/C22H21N5O2S/c1-3-19-24-25-22(30-19)23-21(28)18-14-27(13-15-8-5-4-6-9-15)26-20(18)16-10-7-11-17(12-16)29-2/h4-12,14H,3,13H2,1-2H3,(H,23,25,28). The van der Waals surface area contributed by atoms with Crippen molar-refractivity contribution in [3.63, 3.8) is 0 Å². The van der Waals surface area contributed by atoms with Gasteiger partial charge in [-0.05, 0) is 24.1 Å². The number of carbonyl (C=O) groups is 1. The van der Waals surface area contributed by atoms with Crippen LogP contribution in [0.25, 0.3) is 11.3 Å². The number of nitrogens with zero attached hydrogens (tertiary/aromatic N) is 4. The highest BCUT2D eigenvalue weighted by Crippen LogP contribution is 2.27. The summed E-state index contributed by atoms with van der Waals surface area (Å²) in [6.07, 6.45) is 2.54. The first-order valence-corrected chi connectivity index (χ1v) is 10.4. The fraction of sp³-hybridized carbons (Fsp3) is 0.182. The molecule has 0 bridgehead atoms. The Morgan fingerprint density at radius 1 is 1.13 bits per heavy atom. The molecule has 0 fully saturated rings. The fourth-order valence-electron chi connectivity index (χ4n) is 3.03. The Morgan fingerprint density at radius 3 is 2.70 bits per heavy atom. The van der Waals surface area contributed by atoms with Crippen LogP contribution in [0.3, 0.4) is 0 Å². The molecule has 0 radical (unpaired) electrons. The van der Waals surface area contributed by atoms with Crippen molar-refractivity contribution < 1.29 is 9.53 Å². The maximum Gasteiger partial charge on any atom is 0.261 e. The number of aromatic nitrogens is 4. The van der Waals surface area contributed by atoms with Crippen molar-refractivity contribution in [2.75, 3.05) is 12.4 Å². The van der Waals surface area contributed by atoms with Crippen molar-refractivity contribution in [2.24, 2.45) is 0 Å². The molecule has 0 unspecified atom stereocenters. The van der Waals surface area contributed by atoms with Gasteiger partial charge in [-0.25, -0.2) is 0 Å². The van der Waals surface area contributed by atoms with Crippen LogP contribution in [0.4, 0.5) is 5.13 Å². The van der Waals surface area contributed by atoms with Crippen molar-refractivity contribution in [3.8, 4) is 17.0 Å². The molecular formula is C22H21N5O2S. The number of aryl methyl sites for hydroxylation is 1. The normalized spacial score (nSPS) is 10.7. The number of benzene rings is 2. The number of amides is 1. The van der Waals surface area contributed by atoms with Crippen molar-refractivity contribution >= 4 is 22.4 Å². The van der Waals surface area contributed by atoms with Crippen LogP contribution < -0.4 is 10.1 Å². The summed E-state index contributed by atoms with van der Waals surface area (Å²) in [5.41, 5.74) is 2.95. The molecule has 0 atom stereocenters. The van der Waals surface area contributed by atoms with Gasteiger partial charge in [0, 0.05) is 11.8 Å². The molecule has 2 heterocycles. The summed E-state index contributed by atoms with van der Waals surface area (Å²) in [4.78, 5) is 13.1. The monoisotopic (exact) mass is 419 g/mol. The molecule has 0 aliphatic rings. The summed E-state index contributed by atoms with van der Waals surface area (Å²) >= 11 is 1.37. The van der Waals surface area contributed by atoms with Crippen molar-refractivity contribution in [1.82, 2.24) is 20.0 Å². The third-order valence-electron chi connectivity index (χ3n) is 4.53. The summed E-state index contributed by atoms with van der Waals surface area (Å²) in [6.45, 7) is 2.56. The number of rotatable bonds is 7. The van der Waals surface area contributed by atoms with Gasteiger partial charge in [-0.1, -0.05) is 60.7 Å². The van der Waals surface area contributed by atoms with Crippen LogP contribution in [0.1, 0.15) is 27.9 Å². The van der Waals surface area contributed by atoms with Gasteiger partial charge in [-0.3, -0.25) is 14.8 Å². The molecule has 152 valence electrons. The first-order chi connectivity index (χ1) is 14.7. The van der Waals surface area contributed by atoms with Gasteiger partial charge in [0.25, 0.3) is 5.91 Å². The zero-order valence-electron chi connectivity index (χ0n) is 16.7. The van der Waals surface area contributed by atoms with E-state index in [0.29, 0.717) is 28.7 Å². The molecule has 2 aromatic heterocycles. The molecule has 0 saturated heterocycles. The topological polar surface area (TPSA) is 81.9 Å². The lowest BCUT2D eigenvalue weighted by molar-refractivity contribution is 0.102. The number of ether oxygens (including phenoxy) is 1. The number of hydrogen-bond donors (Lipinski definition) is 1. The summed E-state index contributed by atoms with van der Waals surface area (Å²) in [5.74, 6) is 0.430. The molecule has 1 amide bonds. The second-order valence-electron chi connectivity index (χ2n) is 6.62. The summed E-state index contributed by atoms with van der Waals surface area (Å²) in [5, 5.41) is 17.0. The Balaban J connectivity index is 1.69. The molecule has 30 heavy (non-hydrogen) atoms. The minimum atomic E-state index is -0.272. The molecule has 2 aromatic carbocycles. The lowest BCUT2D eigenvalue weighted by Crippen LogP contribution is -2.12. The zero-order chi connectivity index (χ0) is 20.9. The maximum atomic E-state index is 13.1. The van der Waals surface area contributed by atoms with E-state index >= 15 is 0 Å². The fourth-order valence-corrected chi connectivity index (χ4v) is 3.71. The SMILES string of the molecule is CCc1nnc(NC(=O)c2cn(Cc3ccccc3)nc2-c2cccc(OC)c2)s1. The molecular weight excluding hydrogens is 398 g/mol. The van der Waals surface area contributed by atoms with Crippen molar-refractivity contribution in [2.45, 2.75) is 19.9 Å². The highest BCUT2D eigenvalue weighted by atomic mass is 32.1. The Labute approximate surface area is 178 Å². The minimum Gasteiger partial charge on any atom is -0.497 e. The summed E-state index contributed by atoms with van der Waals surface area (Å²) < 4.78 is 7.11. The third kappa shape index (κ3) is 4.38. The van der Waals surface area contributed by atoms with Crippen LogP contribution in [0.5, 0.6) is 5.75 Å². The molecule has 0 aliphatic heterocycles. The van der Waals surface area contributed by atoms with Crippen LogP contribution in [0, 0.1) is 0 Å².